The van der Waals surface area contributed by atoms with Crippen molar-refractivity contribution in [2.45, 2.75) is 86.5 Å². The fraction of sp³-hybridized carbons (Fsp3) is 0.667. The fourth-order valence-electron chi connectivity index (χ4n) is 7.12. The third-order valence-corrected chi connectivity index (χ3v) is 8.98. The molecule has 0 heterocycles. The Labute approximate surface area is 187 Å². The van der Waals surface area contributed by atoms with Gasteiger partial charge in [-0.1, -0.05) is 31.9 Å². The average Bonchev–Trinajstić information content (AvgIpc) is 2.67. The molecule has 4 heteroatoms. The molecule has 0 aromatic heterocycles. The zero-order valence-electron chi connectivity index (χ0n) is 20.1. The minimum atomic E-state index is -0.717. The number of aliphatic carboxylic acids is 1. The van der Waals surface area contributed by atoms with E-state index in [2.05, 4.69) is 34.6 Å². The second-order valence-electron chi connectivity index (χ2n) is 11.0. The molecule has 0 bridgehead atoms. The Morgan fingerprint density at radius 2 is 1.84 bits per heavy atom. The zero-order chi connectivity index (χ0) is 23.1. The van der Waals surface area contributed by atoms with Crippen molar-refractivity contribution in [2.24, 2.45) is 28.6 Å². The van der Waals surface area contributed by atoms with E-state index >= 15 is 0 Å². The van der Waals surface area contributed by atoms with Gasteiger partial charge in [-0.25, -0.2) is 0 Å². The molecule has 2 aliphatic rings. The van der Waals surface area contributed by atoms with E-state index in [4.69, 9.17) is 0 Å². The monoisotopic (exact) mass is 428 g/mol. The molecule has 1 aromatic rings. The van der Waals surface area contributed by atoms with Crippen molar-refractivity contribution in [1.82, 2.24) is 0 Å². The minimum Gasteiger partial charge on any atom is -0.508 e. The molecule has 2 aliphatic carbocycles. The molecule has 172 valence electrons. The first-order valence-electron chi connectivity index (χ1n) is 11.8. The van der Waals surface area contributed by atoms with E-state index in [1.165, 1.54) is 11.1 Å². The highest BCUT2D eigenvalue weighted by atomic mass is 16.4. The minimum absolute atomic E-state index is 0.0284. The van der Waals surface area contributed by atoms with Gasteiger partial charge >= 0.3 is 5.97 Å². The van der Waals surface area contributed by atoms with Gasteiger partial charge < -0.3 is 15.3 Å². The number of phenols is 2. The molecule has 2 fully saturated rings. The molecule has 0 saturated heterocycles. The van der Waals surface area contributed by atoms with Gasteiger partial charge in [0.25, 0.3) is 0 Å². The van der Waals surface area contributed by atoms with Gasteiger partial charge in [0.15, 0.2) is 0 Å². The molecule has 2 saturated carbocycles. The first kappa shape index (κ1) is 23.7. The highest BCUT2D eigenvalue weighted by Crippen LogP contribution is 2.65. The summed E-state index contributed by atoms with van der Waals surface area (Å²) in [6.07, 6.45) is 5.97. The van der Waals surface area contributed by atoms with E-state index in [0.717, 1.165) is 37.7 Å². The number of carbonyl (C=O) groups is 1. The van der Waals surface area contributed by atoms with Crippen molar-refractivity contribution in [2.75, 3.05) is 0 Å². The van der Waals surface area contributed by atoms with Crippen LogP contribution in [0.3, 0.4) is 0 Å². The smallest absolute Gasteiger partial charge is 0.303 e. The Hall–Kier alpha value is -1.97. The van der Waals surface area contributed by atoms with Crippen LogP contribution in [0.4, 0.5) is 0 Å². The van der Waals surface area contributed by atoms with Gasteiger partial charge in [-0.2, -0.15) is 0 Å². The SMILES string of the molecule is CC(C)=C1CCC2[C@@](C)(Cc3cc(O)cc(C)c3O)C(C)CC[C@@]2(C)C1CCC(=O)O. The Morgan fingerprint density at radius 1 is 1.16 bits per heavy atom. The number of hydrogen-bond acceptors (Lipinski definition) is 3. The summed E-state index contributed by atoms with van der Waals surface area (Å²) in [7, 11) is 0. The van der Waals surface area contributed by atoms with Crippen LogP contribution in [0.5, 0.6) is 11.5 Å². The first-order chi connectivity index (χ1) is 14.4. The molecule has 0 aliphatic heterocycles. The van der Waals surface area contributed by atoms with Crippen LogP contribution < -0.4 is 0 Å². The maximum atomic E-state index is 11.4. The van der Waals surface area contributed by atoms with E-state index < -0.39 is 5.97 Å². The summed E-state index contributed by atoms with van der Waals surface area (Å²) in [5.41, 5.74) is 4.36. The number of benzene rings is 1. The third-order valence-electron chi connectivity index (χ3n) is 8.98. The van der Waals surface area contributed by atoms with Crippen molar-refractivity contribution >= 4 is 5.97 Å². The summed E-state index contributed by atoms with van der Waals surface area (Å²) in [6.45, 7) is 13.3. The number of rotatable bonds is 5. The maximum Gasteiger partial charge on any atom is 0.303 e. The molecule has 0 amide bonds. The molecule has 0 radical (unpaired) electrons. The molecule has 3 N–H and O–H groups in total. The van der Waals surface area contributed by atoms with Gasteiger partial charge in [-0.05, 0) is 111 Å². The quantitative estimate of drug-likeness (QED) is 0.364. The van der Waals surface area contributed by atoms with Crippen molar-refractivity contribution in [1.29, 1.82) is 0 Å². The maximum absolute atomic E-state index is 11.4. The molecule has 1 aromatic carbocycles. The third kappa shape index (κ3) is 4.23. The van der Waals surface area contributed by atoms with Crippen LogP contribution in [0.15, 0.2) is 23.3 Å². The largest absolute Gasteiger partial charge is 0.508 e. The number of hydrogen-bond donors (Lipinski definition) is 3. The van der Waals surface area contributed by atoms with E-state index in [9.17, 15) is 20.1 Å². The lowest BCUT2D eigenvalue weighted by molar-refractivity contribution is -0.138. The van der Waals surface area contributed by atoms with Crippen molar-refractivity contribution < 1.29 is 20.1 Å². The Bertz CT molecular complexity index is 881. The molecule has 0 spiro atoms. The predicted octanol–water partition coefficient (Wildman–Crippen LogP) is 6.62. The Morgan fingerprint density at radius 3 is 2.45 bits per heavy atom. The molecule has 4 nitrogen and oxygen atoms in total. The average molecular weight is 429 g/mol. The van der Waals surface area contributed by atoms with Crippen LogP contribution in [0.1, 0.15) is 84.3 Å². The van der Waals surface area contributed by atoms with Gasteiger partial charge in [0.05, 0.1) is 0 Å². The summed E-state index contributed by atoms with van der Waals surface area (Å²) >= 11 is 0. The number of allylic oxidation sites excluding steroid dienone is 2. The van der Waals surface area contributed by atoms with E-state index in [1.807, 2.05) is 6.92 Å². The van der Waals surface area contributed by atoms with Crippen molar-refractivity contribution in [3.63, 3.8) is 0 Å². The number of fused-ring (bicyclic) bond motifs is 1. The van der Waals surface area contributed by atoms with Crippen LogP contribution in [-0.4, -0.2) is 21.3 Å². The zero-order valence-corrected chi connectivity index (χ0v) is 20.1. The molecular weight excluding hydrogens is 388 g/mol. The Kier molecular flexibility index (Phi) is 6.51. The summed E-state index contributed by atoms with van der Waals surface area (Å²) in [5.74, 6) is 0.995. The van der Waals surface area contributed by atoms with Crippen LogP contribution in [-0.2, 0) is 11.2 Å². The number of carboxylic acids is 1. The van der Waals surface area contributed by atoms with Gasteiger partial charge in [-0.3, -0.25) is 4.79 Å². The number of phenolic OH excluding ortho intramolecular Hbond substituents is 2. The summed E-state index contributed by atoms with van der Waals surface area (Å²) in [5, 5.41) is 30.3. The number of carboxylic acid groups (broad SMARTS) is 1. The molecule has 31 heavy (non-hydrogen) atoms. The lowest BCUT2D eigenvalue weighted by Gasteiger charge is -2.61. The van der Waals surface area contributed by atoms with E-state index in [0.29, 0.717) is 35.5 Å². The fourth-order valence-corrected chi connectivity index (χ4v) is 7.12. The molecular formula is C27H40O4. The molecule has 5 atom stereocenters. The van der Waals surface area contributed by atoms with E-state index in [1.54, 1.807) is 12.1 Å². The predicted molar refractivity (Wildman–Crippen MR) is 124 cm³/mol. The normalized spacial score (nSPS) is 33.1. The van der Waals surface area contributed by atoms with Gasteiger partial charge in [0, 0.05) is 6.42 Å². The highest BCUT2D eigenvalue weighted by Gasteiger charge is 2.57. The van der Waals surface area contributed by atoms with Gasteiger partial charge in [-0.15, -0.1) is 0 Å². The van der Waals surface area contributed by atoms with E-state index in [-0.39, 0.29) is 23.0 Å². The second kappa shape index (κ2) is 8.52. The molecule has 3 rings (SSSR count). The first-order valence-corrected chi connectivity index (χ1v) is 11.8. The summed E-state index contributed by atoms with van der Waals surface area (Å²) in [4.78, 5) is 11.4. The van der Waals surface area contributed by atoms with Crippen molar-refractivity contribution in [3.8, 4) is 11.5 Å². The van der Waals surface area contributed by atoms with Crippen LogP contribution in [0, 0.1) is 35.5 Å². The summed E-state index contributed by atoms with van der Waals surface area (Å²) in [6, 6.07) is 3.33. The number of aromatic hydroxyl groups is 2. The topological polar surface area (TPSA) is 77.8 Å². The standard InChI is InChI=1S/C27H40O4/c1-16(2)21-7-9-23-26(5,22(21)8-10-24(29)30)12-11-18(4)27(23,6)15-19-14-20(28)13-17(3)25(19)31/h13-14,18,22-23,28,31H,7-12,15H2,1-6H3,(H,29,30)/t18?,22?,23?,26-,27-/m0/s1. The van der Waals surface area contributed by atoms with Gasteiger partial charge in [0.2, 0.25) is 0 Å². The molecule has 3 unspecified atom stereocenters. The van der Waals surface area contributed by atoms with Crippen LogP contribution >= 0.6 is 0 Å². The Balaban J connectivity index is 2.04. The lowest BCUT2D eigenvalue weighted by Crippen LogP contribution is -2.54. The van der Waals surface area contributed by atoms with Crippen molar-refractivity contribution in [3.05, 3.63) is 34.4 Å². The lowest BCUT2D eigenvalue weighted by atomic mass is 9.43. The van der Waals surface area contributed by atoms with Crippen LogP contribution in [0.2, 0.25) is 0 Å². The number of aryl methyl sites for hydroxylation is 1. The summed E-state index contributed by atoms with van der Waals surface area (Å²) < 4.78 is 0. The highest BCUT2D eigenvalue weighted by molar-refractivity contribution is 5.66. The second-order valence-corrected chi connectivity index (χ2v) is 11.0. The van der Waals surface area contributed by atoms with Crippen LogP contribution in [0.25, 0.3) is 0 Å². The van der Waals surface area contributed by atoms with Gasteiger partial charge in [0.1, 0.15) is 11.5 Å².